The standard InChI is InChI=1S/C38H44N4O10/c1-21-13-29(44)25-14-23-15-32(52-49-19-31(46)38(48,36(47)30(45)18-43)20-41-12-9-26-28(41)8-11-39-26)37(2,24-5-3-4-6-24)51-34(23)33(35(25)50-21)42-16-22-7-10-40-27(22)17-42/h7-14,16-17,24,30-32,36,39-40,43,45-48H,3-6,15,18-20H2,1-2H3/t30-,31+,32-,36-,37-,38-/m1/s1. The van der Waals surface area contributed by atoms with Crippen LogP contribution in [0, 0.1) is 12.8 Å². The van der Waals surface area contributed by atoms with E-state index in [-0.39, 0.29) is 17.9 Å². The lowest BCUT2D eigenvalue weighted by Crippen LogP contribution is -2.61. The number of aryl methyl sites for hydroxylation is 1. The minimum Gasteiger partial charge on any atom is -0.482 e. The minimum absolute atomic E-state index is 0.0856. The first-order valence-corrected chi connectivity index (χ1v) is 17.7. The van der Waals surface area contributed by atoms with E-state index in [1.807, 2.05) is 36.1 Å². The lowest BCUT2D eigenvalue weighted by Gasteiger charge is -2.45. The number of hydrogen-bond donors (Lipinski definition) is 7. The highest BCUT2D eigenvalue weighted by molar-refractivity contribution is 5.91. The van der Waals surface area contributed by atoms with Gasteiger partial charge in [0.25, 0.3) is 0 Å². The quantitative estimate of drug-likeness (QED) is 0.0728. The number of ether oxygens (including phenoxy) is 1. The summed E-state index contributed by atoms with van der Waals surface area (Å²) in [5.74, 6) is 1.14. The van der Waals surface area contributed by atoms with Crippen molar-refractivity contribution in [2.75, 3.05) is 13.2 Å². The predicted octanol–water partition coefficient (Wildman–Crippen LogP) is 3.36. The van der Waals surface area contributed by atoms with Crippen molar-refractivity contribution in [1.82, 2.24) is 19.1 Å². The molecule has 8 rings (SSSR count). The molecule has 1 aliphatic carbocycles. The van der Waals surface area contributed by atoms with Crippen LogP contribution in [0.2, 0.25) is 0 Å². The van der Waals surface area contributed by atoms with Crippen LogP contribution in [0.3, 0.4) is 0 Å². The lowest BCUT2D eigenvalue weighted by atomic mass is 9.78. The largest absolute Gasteiger partial charge is 0.482 e. The summed E-state index contributed by atoms with van der Waals surface area (Å²) in [6, 6.07) is 8.75. The molecule has 1 saturated carbocycles. The zero-order valence-corrected chi connectivity index (χ0v) is 29.0. The average Bonchev–Trinajstić information content (AvgIpc) is 3.96. The van der Waals surface area contributed by atoms with Gasteiger partial charge in [0.05, 0.1) is 35.1 Å². The van der Waals surface area contributed by atoms with E-state index in [2.05, 4.69) is 9.97 Å². The summed E-state index contributed by atoms with van der Waals surface area (Å²) in [4.78, 5) is 31.5. The van der Waals surface area contributed by atoms with Gasteiger partial charge in [-0.3, -0.25) is 4.79 Å². The summed E-state index contributed by atoms with van der Waals surface area (Å²) in [5.41, 5.74) is 0.655. The summed E-state index contributed by atoms with van der Waals surface area (Å²) in [5, 5.41) is 55.5. The number of aromatic amines is 2. The molecule has 14 nitrogen and oxygen atoms in total. The van der Waals surface area contributed by atoms with Crippen LogP contribution in [0.25, 0.3) is 38.6 Å². The van der Waals surface area contributed by atoms with Crippen molar-refractivity contribution in [3.05, 3.63) is 82.9 Å². The van der Waals surface area contributed by atoms with Crippen LogP contribution in [0.4, 0.5) is 0 Å². The predicted molar refractivity (Wildman–Crippen MR) is 190 cm³/mol. The van der Waals surface area contributed by atoms with E-state index in [4.69, 9.17) is 18.9 Å². The molecule has 2 aliphatic rings. The number of fused-ring (bicyclic) bond motifs is 4. The highest BCUT2D eigenvalue weighted by Gasteiger charge is 2.51. The van der Waals surface area contributed by atoms with Crippen LogP contribution >= 0.6 is 0 Å². The van der Waals surface area contributed by atoms with Crippen molar-refractivity contribution in [1.29, 1.82) is 0 Å². The lowest BCUT2D eigenvalue weighted by molar-refractivity contribution is -0.368. The van der Waals surface area contributed by atoms with Gasteiger partial charge in [-0.05, 0) is 51.0 Å². The van der Waals surface area contributed by atoms with Crippen molar-refractivity contribution < 1.29 is 44.5 Å². The molecule has 0 saturated heterocycles. The monoisotopic (exact) mass is 716 g/mol. The molecule has 0 spiro atoms. The Bertz CT molecular complexity index is 2250. The van der Waals surface area contributed by atoms with Gasteiger partial charge in [0, 0.05) is 60.3 Å². The first kappa shape index (κ1) is 34.7. The maximum absolute atomic E-state index is 13.4. The van der Waals surface area contributed by atoms with Gasteiger partial charge >= 0.3 is 0 Å². The molecular weight excluding hydrogens is 672 g/mol. The van der Waals surface area contributed by atoms with Gasteiger partial charge in [0.2, 0.25) is 0 Å². The van der Waals surface area contributed by atoms with E-state index in [0.29, 0.717) is 45.7 Å². The summed E-state index contributed by atoms with van der Waals surface area (Å²) < 4.78 is 16.8. The van der Waals surface area contributed by atoms with Crippen molar-refractivity contribution in [3.8, 4) is 11.4 Å². The Balaban J connectivity index is 1.12. The number of hydrogen-bond acceptors (Lipinski definition) is 10. The number of aromatic nitrogens is 4. The van der Waals surface area contributed by atoms with E-state index < -0.39 is 48.8 Å². The third-order valence-electron chi connectivity index (χ3n) is 11.3. The molecule has 7 N–H and O–H groups in total. The fraction of sp³-hybridized carbons (Fsp3) is 0.447. The van der Waals surface area contributed by atoms with Crippen LogP contribution in [-0.4, -0.2) is 93.5 Å². The van der Waals surface area contributed by atoms with Crippen molar-refractivity contribution in [2.45, 2.75) is 88.1 Å². The van der Waals surface area contributed by atoms with E-state index in [1.54, 1.807) is 42.1 Å². The van der Waals surface area contributed by atoms with Crippen LogP contribution < -0.4 is 10.2 Å². The van der Waals surface area contributed by atoms with Gasteiger partial charge in [-0.1, -0.05) is 12.8 Å². The zero-order valence-electron chi connectivity index (χ0n) is 29.0. The fourth-order valence-electron chi connectivity index (χ4n) is 8.24. The molecule has 1 aromatic carbocycles. The molecule has 0 unspecified atom stereocenters. The smallest absolute Gasteiger partial charge is 0.193 e. The Labute approximate surface area is 297 Å². The SMILES string of the molecule is Cc1cc(=O)c2cc3c(c(-n4cc5cc[nH]c5c4)c2o1)O[C@](C)(C1CCCC1)[C@H](OOC[C@H](O)[C@](O)(Cn1ccc2[nH]ccc21)[C@H](O)[C@H](O)CO)C3. The molecule has 276 valence electrons. The molecule has 1 aliphatic heterocycles. The third kappa shape index (κ3) is 5.75. The van der Waals surface area contributed by atoms with E-state index >= 15 is 0 Å². The number of benzene rings is 1. The molecule has 1 fully saturated rings. The summed E-state index contributed by atoms with van der Waals surface area (Å²) >= 11 is 0. The first-order valence-electron chi connectivity index (χ1n) is 17.7. The Hall–Kier alpha value is -4.41. The average molecular weight is 717 g/mol. The molecule has 14 heteroatoms. The maximum atomic E-state index is 13.4. The molecule has 0 radical (unpaired) electrons. The minimum atomic E-state index is -2.36. The van der Waals surface area contributed by atoms with Gasteiger partial charge in [-0.25, -0.2) is 9.78 Å². The molecule has 0 amide bonds. The number of aliphatic hydroxyl groups is 5. The Morgan fingerprint density at radius 2 is 1.85 bits per heavy atom. The summed E-state index contributed by atoms with van der Waals surface area (Å²) in [6.07, 6.45) is 7.13. The molecule has 0 bridgehead atoms. The maximum Gasteiger partial charge on any atom is 0.193 e. The zero-order chi connectivity index (χ0) is 36.4. The van der Waals surface area contributed by atoms with E-state index in [0.717, 1.165) is 42.1 Å². The molecule has 6 heterocycles. The molecule has 6 aromatic rings. The van der Waals surface area contributed by atoms with Crippen molar-refractivity contribution in [3.63, 3.8) is 0 Å². The number of aliphatic hydroxyl groups excluding tert-OH is 4. The van der Waals surface area contributed by atoms with Crippen molar-refractivity contribution in [2.24, 2.45) is 5.92 Å². The van der Waals surface area contributed by atoms with Crippen molar-refractivity contribution >= 4 is 32.9 Å². The number of nitrogens with one attached hydrogen (secondary N) is 2. The van der Waals surface area contributed by atoms with Gasteiger partial charge in [0.1, 0.15) is 53.7 Å². The Morgan fingerprint density at radius 1 is 1.08 bits per heavy atom. The number of rotatable bonds is 12. The highest BCUT2D eigenvalue weighted by atomic mass is 17.2. The molecule has 6 atom stereocenters. The van der Waals surface area contributed by atoms with Gasteiger partial charge in [-0.2, -0.15) is 0 Å². The number of nitrogens with zero attached hydrogens (tertiary/aromatic N) is 2. The van der Waals surface area contributed by atoms with E-state index in [1.165, 1.54) is 6.07 Å². The third-order valence-corrected chi connectivity index (χ3v) is 11.3. The van der Waals surface area contributed by atoms with Crippen LogP contribution in [0.1, 0.15) is 43.9 Å². The highest BCUT2D eigenvalue weighted by Crippen LogP contribution is 2.48. The van der Waals surface area contributed by atoms with Crippen LogP contribution in [-0.2, 0) is 22.7 Å². The Morgan fingerprint density at radius 3 is 2.62 bits per heavy atom. The summed E-state index contributed by atoms with van der Waals surface area (Å²) in [7, 11) is 0. The normalized spacial score (nSPS) is 22.5. The second-order valence-corrected chi connectivity index (χ2v) is 14.6. The topological polar surface area (TPSA) is 200 Å². The van der Waals surface area contributed by atoms with Gasteiger partial charge in [0.15, 0.2) is 16.8 Å². The second kappa shape index (κ2) is 13.2. The van der Waals surface area contributed by atoms with Gasteiger partial charge in [-0.15, -0.1) is 0 Å². The van der Waals surface area contributed by atoms with Crippen LogP contribution in [0.15, 0.2) is 70.5 Å². The molecule has 5 aromatic heterocycles. The second-order valence-electron chi connectivity index (χ2n) is 14.6. The van der Waals surface area contributed by atoms with Crippen LogP contribution in [0.5, 0.6) is 5.75 Å². The first-order chi connectivity index (χ1) is 25.0. The molecular formula is C38H44N4O10. The summed E-state index contributed by atoms with van der Waals surface area (Å²) in [6.45, 7) is 1.97. The fourth-order valence-corrected chi connectivity index (χ4v) is 8.24. The number of H-pyrrole nitrogens is 2. The Kier molecular flexibility index (Phi) is 8.81. The van der Waals surface area contributed by atoms with Gasteiger partial charge < -0.3 is 53.8 Å². The molecule has 52 heavy (non-hydrogen) atoms. The van der Waals surface area contributed by atoms with E-state index in [9.17, 15) is 30.3 Å².